The van der Waals surface area contributed by atoms with Crippen molar-refractivity contribution >= 4 is 36.6 Å². The Bertz CT molecular complexity index is 1180. The number of allylic oxidation sites excluding steroid dienone is 4. The molecule has 5 heteroatoms. The molecule has 1 aliphatic carbocycles. The third-order valence-electron chi connectivity index (χ3n) is 5.46. The molecule has 0 spiro atoms. The van der Waals surface area contributed by atoms with Gasteiger partial charge < -0.3 is 24.8 Å². The van der Waals surface area contributed by atoms with Crippen molar-refractivity contribution < 1.29 is 51.0 Å². The van der Waals surface area contributed by atoms with Crippen LogP contribution in [0, 0.1) is 0 Å². The Labute approximate surface area is 236 Å². The summed E-state index contributed by atoms with van der Waals surface area (Å²) in [5.41, 5.74) is 10.9. The molecule has 1 heterocycles. The molecule has 0 unspecified atom stereocenters. The van der Waals surface area contributed by atoms with Gasteiger partial charge in [-0.05, 0) is 39.7 Å². The van der Waals surface area contributed by atoms with Crippen molar-refractivity contribution in [1.29, 1.82) is 0 Å². The molecule has 0 fully saturated rings. The van der Waals surface area contributed by atoms with Crippen LogP contribution >= 0.6 is 11.8 Å². The maximum absolute atomic E-state index is 2.42. The number of hydrogen-bond acceptors (Lipinski definition) is 1. The molecule has 0 saturated carbocycles. The molecule has 0 atom stereocenters. The van der Waals surface area contributed by atoms with Crippen LogP contribution in [0.2, 0.25) is 13.1 Å². The third-order valence-corrected chi connectivity index (χ3v) is 7.27. The van der Waals surface area contributed by atoms with Gasteiger partial charge in [-0.15, -0.1) is 46.3 Å². The van der Waals surface area contributed by atoms with Gasteiger partial charge in [-0.25, -0.2) is 0 Å². The fraction of sp³-hybridized carbons (Fsp3) is 0.214. The second-order valence-electron chi connectivity index (χ2n) is 8.54. The molecule has 33 heavy (non-hydrogen) atoms. The summed E-state index contributed by atoms with van der Waals surface area (Å²) in [7, 11) is -0.220. The van der Waals surface area contributed by atoms with Crippen molar-refractivity contribution in [2.24, 2.45) is 0 Å². The summed E-state index contributed by atoms with van der Waals surface area (Å²) in [6.45, 7) is 9.13. The molecule has 3 aromatic carbocycles. The number of hydrogen-bond donors (Lipinski definition) is 0. The first-order valence-corrected chi connectivity index (χ1v) is 14.3. The van der Waals surface area contributed by atoms with Crippen molar-refractivity contribution in [3.63, 3.8) is 0 Å². The number of benzene rings is 2. The molecule has 5 rings (SSSR count). The van der Waals surface area contributed by atoms with Crippen LogP contribution in [-0.4, -0.2) is 19.8 Å². The first-order chi connectivity index (χ1) is 14.5. The maximum atomic E-state index is 2.42. The fourth-order valence-corrected chi connectivity index (χ4v) is 5.68. The number of rotatable bonds is 3. The largest absolute Gasteiger partial charge is 3.00 e. The molecular weight excluding hydrogens is 559 g/mol. The molecule has 0 N–H and O–H groups in total. The summed E-state index contributed by atoms with van der Waals surface area (Å²) in [6.07, 6.45) is 4.65. The minimum Gasteiger partial charge on any atom is -1.00 e. The zero-order chi connectivity index (χ0) is 21.1. The molecule has 0 nitrogen and oxygen atoms in total. The minimum atomic E-state index is -0.220. The topological polar surface area (TPSA) is 0 Å². The van der Waals surface area contributed by atoms with Crippen molar-refractivity contribution in [3.05, 3.63) is 101 Å². The summed E-state index contributed by atoms with van der Waals surface area (Å²) in [6, 6.07) is 21.8. The van der Waals surface area contributed by atoms with Gasteiger partial charge in [0.05, 0.1) is 0 Å². The predicted octanol–water partition coefficient (Wildman–Crippen LogP) is 1.98. The van der Waals surface area contributed by atoms with E-state index < -0.39 is 0 Å². The molecule has 3 aromatic rings. The Morgan fingerprint density at radius 1 is 0.970 bits per heavy atom. The normalized spacial score (nSPS) is 13.3. The van der Waals surface area contributed by atoms with E-state index in [2.05, 4.69) is 111 Å². The van der Waals surface area contributed by atoms with Gasteiger partial charge in [-0.2, -0.15) is 6.07 Å². The smallest absolute Gasteiger partial charge is 1.00 e. The second kappa shape index (κ2) is 13.9. The van der Waals surface area contributed by atoms with Gasteiger partial charge in [-0.1, -0.05) is 80.7 Å². The average molecular weight is 588 g/mol. The Balaban J connectivity index is 0.000000322. The molecule has 0 saturated heterocycles. The van der Waals surface area contributed by atoms with Crippen molar-refractivity contribution in [2.75, 3.05) is 5.75 Å². The van der Waals surface area contributed by atoms with Crippen molar-refractivity contribution in [1.82, 2.24) is 0 Å². The monoisotopic (exact) mass is 585 g/mol. The van der Waals surface area contributed by atoms with E-state index in [1.54, 1.807) is 0 Å². The Morgan fingerprint density at radius 3 is 2.33 bits per heavy atom. The van der Waals surface area contributed by atoms with E-state index in [4.69, 9.17) is 0 Å². The molecule has 1 radical (unpaired) electrons. The zero-order valence-electron chi connectivity index (χ0n) is 19.5. The van der Waals surface area contributed by atoms with E-state index in [0.717, 1.165) is 0 Å². The van der Waals surface area contributed by atoms with Crippen LogP contribution in [-0.2, 0) is 26.2 Å². The van der Waals surface area contributed by atoms with Crippen LogP contribution in [0.4, 0.5) is 0 Å². The molecule has 0 aromatic heterocycles. The van der Waals surface area contributed by atoms with Crippen LogP contribution in [0.15, 0.2) is 94.9 Å². The molecule has 169 valence electrons. The van der Waals surface area contributed by atoms with Gasteiger partial charge in [0.25, 0.3) is 0 Å². The van der Waals surface area contributed by atoms with Gasteiger partial charge in [0.15, 0.2) is 0 Å². The third kappa shape index (κ3) is 7.58. The fourth-order valence-electron chi connectivity index (χ4n) is 3.93. The quantitative estimate of drug-likeness (QED) is 0.334. The van der Waals surface area contributed by atoms with Gasteiger partial charge >= 0.3 is 26.2 Å². The summed E-state index contributed by atoms with van der Waals surface area (Å²) in [5.74, 6) is 1.76. The van der Waals surface area contributed by atoms with Gasteiger partial charge in [0, 0.05) is 14.2 Å². The van der Waals surface area contributed by atoms with E-state index in [1.165, 1.54) is 49.9 Å². The molecule has 0 bridgehead atoms. The molecular formula is C28H29Cl2SSiZr. The van der Waals surface area contributed by atoms with Crippen molar-refractivity contribution in [2.45, 2.75) is 32.9 Å². The second-order valence-corrected chi connectivity index (χ2v) is 11.8. The number of fused-ring (bicyclic) bond motifs is 2. The Morgan fingerprint density at radius 2 is 1.70 bits per heavy atom. The minimum absolute atomic E-state index is 0. The van der Waals surface area contributed by atoms with Crippen LogP contribution in [0.3, 0.4) is 0 Å². The summed E-state index contributed by atoms with van der Waals surface area (Å²) < 4.78 is 0. The van der Waals surface area contributed by atoms with Crippen LogP contribution in [0.1, 0.15) is 25.3 Å². The summed E-state index contributed by atoms with van der Waals surface area (Å²) >= 11 is 1.91. The van der Waals surface area contributed by atoms with Crippen LogP contribution in [0.25, 0.3) is 21.9 Å². The summed E-state index contributed by atoms with van der Waals surface area (Å²) in [4.78, 5) is 0. The van der Waals surface area contributed by atoms with Crippen LogP contribution in [0.5, 0.6) is 0 Å². The first kappa shape index (κ1) is 30.2. The Hall–Kier alpha value is -0.830. The molecule has 1 aliphatic heterocycles. The average Bonchev–Trinajstić information content (AvgIpc) is 3.42. The standard InChI is InChI=1S/C18H17.C10H12SSi.2ClH.Zr/c1-13(2)16-11-15-9-6-10-17(18(15)12-16)14-7-4-3-5-8-14;1-12(2)7-8-3-9-5-11-6-10(9)4-8;;;/h3-13H,1-2H3;3-5,7H,6H2,1-2H3;2*1H;/q-1;;;;+3/p-2. The first-order valence-electron chi connectivity index (χ1n) is 10.7. The van der Waals surface area contributed by atoms with Gasteiger partial charge in [-0.3, -0.25) is 0 Å². The van der Waals surface area contributed by atoms with E-state index >= 15 is 0 Å². The van der Waals surface area contributed by atoms with Gasteiger partial charge in [0.1, 0.15) is 0 Å². The van der Waals surface area contributed by atoms with E-state index in [-0.39, 0.29) is 59.4 Å². The molecule has 2 aliphatic rings. The Kier molecular flexibility index (Phi) is 12.7. The molecule has 0 amide bonds. The van der Waals surface area contributed by atoms with Crippen LogP contribution < -0.4 is 24.8 Å². The summed E-state index contributed by atoms with van der Waals surface area (Å²) in [5, 5.41) is 4.98. The van der Waals surface area contributed by atoms with E-state index in [9.17, 15) is 0 Å². The maximum Gasteiger partial charge on any atom is 3.00 e. The SMILES string of the molecule is CC(C)c1cc2c(-c3ccccc3)cccc2[cH-]1.C[Si](C)=CC1=CC2=CSCC2=C1.[Cl-].[Cl-].[Zr+3]. The number of halogens is 2. The van der Waals surface area contributed by atoms with E-state index in [1.807, 2.05) is 11.8 Å². The van der Waals surface area contributed by atoms with E-state index in [0.29, 0.717) is 5.92 Å². The number of thioether (sulfide) groups is 1. The predicted molar refractivity (Wildman–Crippen MR) is 139 cm³/mol. The van der Waals surface area contributed by atoms with Crippen molar-refractivity contribution in [3.8, 4) is 11.1 Å². The van der Waals surface area contributed by atoms with Gasteiger partial charge in [0.2, 0.25) is 0 Å². The zero-order valence-corrected chi connectivity index (χ0v) is 25.3.